The summed E-state index contributed by atoms with van der Waals surface area (Å²) >= 11 is 1.03. The Morgan fingerprint density at radius 2 is 2.10 bits per heavy atom. The first-order chi connectivity index (χ1) is 9.77. The Morgan fingerprint density at radius 1 is 1.38 bits per heavy atom. The standard InChI is InChI=1S/C11H14F3N5OS/c1-6(2)5-7(20)15-4-3-8-18-19-9(11(12,13)14)16-17-10(19)21-8/h6H,3-5H2,1-2H3,(H,15,20). The minimum absolute atomic E-state index is 0.0796. The van der Waals surface area contributed by atoms with Gasteiger partial charge in [0, 0.05) is 19.4 Å². The number of alkyl halides is 3. The molecule has 116 valence electrons. The average Bonchev–Trinajstić information content (AvgIpc) is 2.85. The molecule has 10 heteroatoms. The SMILES string of the molecule is CC(C)CC(=O)NCCc1nn2c(C(F)(F)F)nnc2s1. The van der Waals surface area contributed by atoms with Crippen LogP contribution in [0.25, 0.3) is 4.96 Å². The van der Waals surface area contributed by atoms with Crippen molar-refractivity contribution in [2.45, 2.75) is 32.9 Å². The number of aromatic nitrogens is 4. The molecule has 0 atom stereocenters. The Morgan fingerprint density at radius 3 is 2.71 bits per heavy atom. The van der Waals surface area contributed by atoms with Gasteiger partial charge >= 0.3 is 6.18 Å². The molecule has 0 aliphatic carbocycles. The maximum atomic E-state index is 12.6. The van der Waals surface area contributed by atoms with Gasteiger partial charge in [0.15, 0.2) is 0 Å². The largest absolute Gasteiger partial charge is 0.453 e. The summed E-state index contributed by atoms with van der Waals surface area (Å²) in [4.78, 5) is 11.5. The van der Waals surface area contributed by atoms with E-state index in [9.17, 15) is 18.0 Å². The number of fused-ring (bicyclic) bond motifs is 1. The van der Waals surface area contributed by atoms with Crippen LogP contribution in [0.3, 0.4) is 0 Å². The molecule has 0 spiro atoms. The molecule has 21 heavy (non-hydrogen) atoms. The highest BCUT2D eigenvalue weighted by atomic mass is 32.1. The van der Waals surface area contributed by atoms with Gasteiger partial charge in [0.05, 0.1) is 0 Å². The number of hydrogen-bond donors (Lipinski definition) is 1. The molecular formula is C11H14F3N5OS. The van der Waals surface area contributed by atoms with Gasteiger partial charge in [0.2, 0.25) is 10.9 Å². The fraction of sp³-hybridized carbons (Fsp3) is 0.636. The highest BCUT2D eigenvalue weighted by Gasteiger charge is 2.38. The van der Waals surface area contributed by atoms with Crippen LogP contribution in [0.1, 0.15) is 31.1 Å². The predicted molar refractivity (Wildman–Crippen MR) is 69.8 cm³/mol. The molecule has 0 saturated carbocycles. The van der Waals surface area contributed by atoms with Gasteiger partial charge in [0.1, 0.15) is 5.01 Å². The molecule has 0 saturated heterocycles. The molecule has 0 aliphatic rings. The Bertz CT molecular complexity index is 633. The van der Waals surface area contributed by atoms with E-state index in [2.05, 4.69) is 20.6 Å². The third kappa shape index (κ3) is 3.90. The molecule has 0 aromatic carbocycles. The van der Waals surface area contributed by atoms with Crippen molar-refractivity contribution >= 4 is 22.2 Å². The highest BCUT2D eigenvalue weighted by molar-refractivity contribution is 7.16. The lowest BCUT2D eigenvalue weighted by Crippen LogP contribution is -2.26. The van der Waals surface area contributed by atoms with E-state index in [-0.39, 0.29) is 16.8 Å². The van der Waals surface area contributed by atoms with E-state index in [1.165, 1.54) is 0 Å². The maximum absolute atomic E-state index is 12.6. The second-order valence-electron chi connectivity index (χ2n) is 4.91. The van der Waals surface area contributed by atoms with Crippen molar-refractivity contribution < 1.29 is 18.0 Å². The van der Waals surface area contributed by atoms with Gasteiger partial charge in [-0.1, -0.05) is 25.2 Å². The van der Waals surface area contributed by atoms with Crippen LogP contribution in [-0.2, 0) is 17.4 Å². The zero-order valence-electron chi connectivity index (χ0n) is 11.4. The summed E-state index contributed by atoms with van der Waals surface area (Å²) in [5, 5.41) is 13.5. The van der Waals surface area contributed by atoms with Gasteiger partial charge in [-0.25, -0.2) is 0 Å². The molecule has 0 bridgehead atoms. The fourth-order valence-electron chi connectivity index (χ4n) is 1.69. The minimum atomic E-state index is -4.59. The lowest BCUT2D eigenvalue weighted by molar-refractivity contribution is -0.146. The third-order valence-corrected chi connectivity index (χ3v) is 3.50. The van der Waals surface area contributed by atoms with Crippen molar-refractivity contribution in [3.63, 3.8) is 0 Å². The van der Waals surface area contributed by atoms with Gasteiger partial charge in [-0.05, 0) is 5.92 Å². The zero-order valence-corrected chi connectivity index (χ0v) is 12.3. The summed E-state index contributed by atoms with van der Waals surface area (Å²) in [7, 11) is 0. The van der Waals surface area contributed by atoms with Crippen molar-refractivity contribution in [3.05, 3.63) is 10.8 Å². The Labute approximate surface area is 122 Å². The molecule has 1 N–H and O–H groups in total. The molecular weight excluding hydrogens is 307 g/mol. The van der Waals surface area contributed by atoms with Gasteiger partial charge in [0.25, 0.3) is 5.82 Å². The van der Waals surface area contributed by atoms with Crippen molar-refractivity contribution in [2.24, 2.45) is 5.92 Å². The van der Waals surface area contributed by atoms with Gasteiger partial charge in [-0.15, -0.1) is 10.2 Å². The van der Waals surface area contributed by atoms with Crippen LogP contribution in [0.5, 0.6) is 0 Å². The first-order valence-electron chi connectivity index (χ1n) is 6.32. The second-order valence-corrected chi connectivity index (χ2v) is 5.95. The number of halogens is 3. The molecule has 6 nitrogen and oxygen atoms in total. The molecule has 2 aromatic heterocycles. The van der Waals surface area contributed by atoms with Crippen molar-refractivity contribution in [2.75, 3.05) is 6.54 Å². The number of nitrogens with zero attached hydrogens (tertiary/aromatic N) is 4. The summed E-state index contributed by atoms with van der Waals surface area (Å²) < 4.78 is 38.6. The van der Waals surface area contributed by atoms with E-state index in [0.717, 1.165) is 11.3 Å². The Balaban J connectivity index is 1.98. The number of hydrogen-bond acceptors (Lipinski definition) is 5. The van der Waals surface area contributed by atoms with Gasteiger partial charge in [-0.3, -0.25) is 4.79 Å². The highest BCUT2D eigenvalue weighted by Crippen LogP contribution is 2.28. The molecule has 0 aliphatic heterocycles. The van der Waals surface area contributed by atoms with E-state index in [1.54, 1.807) is 0 Å². The maximum Gasteiger partial charge on any atom is 0.453 e. The summed E-state index contributed by atoms with van der Waals surface area (Å²) in [6.07, 6.45) is -3.81. The zero-order chi connectivity index (χ0) is 15.6. The van der Waals surface area contributed by atoms with Crippen LogP contribution in [0.15, 0.2) is 0 Å². The fourth-order valence-corrected chi connectivity index (χ4v) is 2.52. The molecule has 2 rings (SSSR count). The predicted octanol–water partition coefficient (Wildman–Crippen LogP) is 1.91. The van der Waals surface area contributed by atoms with Crippen LogP contribution < -0.4 is 5.32 Å². The molecule has 1 amide bonds. The molecule has 0 fully saturated rings. The van der Waals surface area contributed by atoms with Crippen molar-refractivity contribution in [1.29, 1.82) is 0 Å². The number of nitrogens with one attached hydrogen (secondary N) is 1. The van der Waals surface area contributed by atoms with Crippen molar-refractivity contribution in [3.8, 4) is 0 Å². The van der Waals surface area contributed by atoms with Crippen LogP contribution in [-0.4, -0.2) is 32.3 Å². The van der Waals surface area contributed by atoms with Crippen LogP contribution in [0.4, 0.5) is 13.2 Å². The third-order valence-electron chi connectivity index (χ3n) is 2.54. The van der Waals surface area contributed by atoms with E-state index < -0.39 is 12.0 Å². The lowest BCUT2D eigenvalue weighted by atomic mass is 10.1. The summed E-state index contributed by atoms with van der Waals surface area (Å²) in [6.45, 7) is 4.19. The molecule has 2 heterocycles. The van der Waals surface area contributed by atoms with Crippen LogP contribution >= 0.6 is 11.3 Å². The van der Waals surface area contributed by atoms with E-state index in [1.807, 2.05) is 13.8 Å². The first kappa shape index (κ1) is 15.7. The summed E-state index contributed by atoms with van der Waals surface area (Å²) in [5.41, 5.74) is 0. The molecule has 0 radical (unpaired) electrons. The smallest absolute Gasteiger partial charge is 0.356 e. The van der Waals surface area contributed by atoms with Gasteiger partial charge < -0.3 is 5.32 Å². The minimum Gasteiger partial charge on any atom is -0.356 e. The van der Waals surface area contributed by atoms with E-state index >= 15 is 0 Å². The number of carbonyl (C=O) groups excluding carboxylic acids is 1. The lowest BCUT2D eigenvalue weighted by Gasteiger charge is -2.05. The van der Waals surface area contributed by atoms with Gasteiger partial charge in [-0.2, -0.15) is 22.8 Å². The monoisotopic (exact) mass is 321 g/mol. The quantitative estimate of drug-likeness (QED) is 0.913. The Kier molecular flexibility index (Phi) is 4.45. The summed E-state index contributed by atoms with van der Waals surface area (Å²) in [5.74, 6) is -0.957. The molecule has 2 aromatic rings. The number of carbonyl (C=O) groups is 1. The number of rotatable bonds is 5. The molecule has 0 unspecified atom stereocenters. The average molecular weight is 321 g/mol. The van der Waals surface area contributed by atoms with Crippen LogP contribution in [0, 0.1) is 5.92 Å². The van der Waals surface area contributed by atoms with Crippen LogP contribution in [0.2, 0.25) is 0 Å². The van der Waals surface area contributed by atoms with E-state index in [4.69, 9.17) is 0 Å². The Hall–Kier alpha value is -1.71. The van der Waals surface area contributed by atoms with E-state index in [0.29, 0.717) is 28.9 Å². The first-order valence-corrected chi connectivity index (χ1v) is 7.14. The summed E-state index contributed by atoms with van der Waals surface area (Å²) in [6, 6.07) is 0. The topological polar surface area (TPSA) is 72.2 Å². The normalized spacial score (nSPS) is 12.3. The second kappa shape index (κ2) is 5.96. The number of amides is 1. The van der Waals surface area contributed by atoms with Crippen molar-refractivity contribution in [1.82, 2.24) is 25.1 Å².